The number of allylic oxidation sites excluding steroid dienone is 1. The van der Waals surface area contributed by atoms with Crippen LogP contribution in [0.1, 0.15) is 29.7 Å². The average molecular weight is 365 g/mol. The highest BCUT2D eigenvalue weighted by molar-refractivity contribution is 6.07. The van der Waals surface area contributed by atoms with Gasteiger partial charge in [0.25, 0.3) is 5.91 Å². The van der Waals surface area contributed by atoms with Crippen LogP contribution in [-0.2, 0) is 4.79 Å². The summed E-state index contributed by atoms with van der Waals surface area (Å²) >= 11 is 0. The molecule has 3 amide bonds. The van der Waals surface area contributed by atoms with Gasteiger partial charge in [-0.1, -0.05) is 30.3 Å². The number of urea groups is 1. The van der Waals surface area contributed by atoms with E-state index in [4.69, 9.17) is 4.74 Å². The number of ether oxygens (including phenoxy) is 1. The van der Waals surface area contributed by atoms with Crippen molar-refractivity contribution in [2.24, 2.45) is 0 Å². The first-order valence-electron chi connectivity index (χ1n) is 8.70. The highest BCUT2D eigenvalue weighted by atomic mass is 16.5. The lowest BCUT2D eigenvalue weighted by Gasteiger charge is -2.29. The van der Waals surface area contributed by atoms with Gasteiger partial charge in [0.2, 0.25) is 0 Å². The van der Waals surface area contributed by atoms with E-state index in [1.807, 2.05) is 50.2 Å². The highest BCUT2D eigenvalue weighted by Crippen LogP contribution is 2.33. The molecule has 0 saturated carbocycles. The second kappa shape index (κ2) is 7.53. The van der Waals surface area contributed by atoms with Gasteiger partial charge in [-0.25, -0.2) is 4.79 Å². The number of nitrogens with one attached hydrogen (secondary N) is 3. The maximum atomic E-state index is 13.1. The molecule has 0 unspecified atom stereocenters. The molecule has 27 heavy (non-hydrogen) atoms. The molecule has 6 heteroatoms. The summed E-state index contributed by atoms with van der Waals surface area (Å²) in [6.07, 6.45) is 0. The van der Waals surface area contributed by atoms with Crippen LogP contribution in [0, 0.1) is 13.8 Å². The number of aryl methyl sites for hydroxylation is 2. The number of carbonyl (C=O) groups is 2. The standard InChI is InChI=1S/C21H23N3O3/c1-12-9-10-13(2)16(11-12)23-20(25)18-14(3)22-21(26)24-19(18)15-7-5-6-8-17(15)27-4/h5-11,19H,1-4H3,(H,23,25)(H2,22,24,26)/t19-/m1/s1. The van der Waals surface area contributed by atoms with Gasteiger partial charge in [-0.3, -0.25) is 4.79 Å². The second-order valence-corrected chi connectivity index (χ2v) is 6.58. The zero-order valence-electron chi connectivity index (χ0n) is 15.8. The van der Waals surface area contributed by atoms with Crippen LogP contribution in [0.15, 0.2) is 53.7 Å². The van der Waals surface area contributed by atoms with Crippen molar-refractivity contribution < 1.29 is 14.3 Å². The van der Waals surface area contributed by atoms with E-state index in [0.717, 1.165) is 22.4 Å². The van der Waals surface area contributed by atoms with E-state index in [2.05, 4.69) is 16.0 Å². The molecule has 3 rings (SSSR count). The normalized spacial score (nSPS) is 16.4. The van der Waals surface area contributed by atoms with Crippen molar-refractivity contribution in [1.29, 1.82) is 0 Å². The molecule has 1 aliphatic heterocycles. The predicted molar refractivity (Wildman–Crippen MR) is 105 cm³/mol. The molecule has 3 N–H and O–H groups in total. The minimum Gasteiger partial charge on any atom is -0.496 e. The van der Waals surface area contributed by atoms with Crippen molar-refractivity contribution >= 4 is 17.6 Å². The summed E-state index contributed by atoms with van der Waals surface area (Å²) in [4.78, 5) is 25.2. The van der Waals surface area contributed by atoms with Crippen LogP contribution in [0.2, 0.25) is 0 Å². The Bertz CT molecular complexity index is 934. The molecule has 2 aromatic rings. The molecule has 0 saturated heterocycles. The number of anilines is 1. The number of rotatable bonds is 4. The summed E-state index contributed by atoms with van der Waals surface area (Å²) in [5.74, 6) is 0.333. The van der Waals surface area contributed by atoms with Gasteiger partial charge in [0, 0.05) is 16.9 Å². The highest BCUT2D eigenvalue weighted by Gasteiger charge is 2.33. The van der Waals surface area contributed by atoms with E-state index >= 15 is 0 Å². The van der Waals surface area contributed by atoms with Gasteiger partial charge in [0.1, 0.15) is 5.75 Å². The molecule has 0 fully saturated rings. The maximum Gasteiger partial charge on any atom is 0.319 e. The first kappa shape index (κ1) is 18.5. The molecule has 0 aliphatic carbocycles. The minimum absolute atomic E-state index is 0.274. The SMILES string of the molecule is COc1ccccc1[C@H]1NC(=O)NC(C)=C1C(=O)Nc1cc(C)ccc1C. The van der Waals surface area contributed by atoms with E-state index in [0.29, 0.717) is 17.0 Å². The van der Waals surface area contributed by atoms with Gasteiger partial charge in [-0.15, -0.1) is 0 Å². The molecule has 1 heterocycles. The Morgan fingerprint density at radius 1 is 1.11 bits per heavy atom. The third-order valence-electron chi connectivity index (χ3n) is 4.60. The number of carbonyl (C=O) groups excluding carboxylic acids is 2. The Morgan fingerprint density at radius 2 is 1.85 bits per heavy atom. The Labute approximate surface area is 158 Å². The van der Waals surface area contributed by atoms with E-state index in [9.17, 15) is 9.59 Å². The Balaban J connectivity index is 2.01. The van der Waals surface area contributed by atoms with E-state index in [1.54, 1.807) is 20.1 Å². The Hall–Kier alpha value is -3.28. The summed E-state index contributed by atoms with van der Waals surface area (Å²) in [5, 5.41) is 8.49. The van der Waals surface area contributed by atoms with Crippen molar-refractivity contribution in [3.8, 4) is 5.75 Å². The number of hydrogen-bond donors (Lipinski definition) is 3. The molecule has 1 atom stereocenters. The molecule has 0 spiro atoms. The van der Waals surface area contributed by atoms with Gasteiger partial charge < -0.3 is 20.7 Å². The monoisotopic (exact) mass is 365 g/mol. The summed E-state index contributed by atoms with van der Waals surface area (Å²) in [6, 6.07) is 12.3. The largest absolute Gasteiger partial charge is 0.496 e. The average Bonchev–Trinajstić information content (AvgIpc) is 2.63. The smallest absolute Gasteiger partial charge is 0.319 e. The fraction of sp³-hybridized carbons (Fsp3) is 0.238. The van der Waals surface area contributed by atoms with Crippen molar-refractivity contribution in [3.63, 3.8) is 0 Å². The van der Waals surface area contributed by atoms with E-state index < -0.39 is 6.04 Å². The lowest BCUT2D eigenvalue weighted by molar-refractivity contribution is -0.113. The van der Waals surface area contributed by atoms with Gasteiger partial charge in [-0.05, 0) is 44.0 Å². The lowest BCUT2D eigenvalue weighted by Crippen LogP contribution is -2.46. The van der Waals surface area contributed by atoms with Crippen LogP contribution in [0.25, 0.3) is 0 Å². The minimum atomic E-state index is -0.611. The molecule has 1 aliphatic rings. The van der Waals surface area contributed by atoms with Crippen LogP contribution in [-0.4, -0.2) is 19.0 Å². The first-order valence-corrected chi connectivity index (χ1v) is 8.70. The zero-order chi connectivity index (χ0) is 19.6. The van der Waals surface area contributed by atoms with Gasteiger partial charge in [0.15, 0.2) is 0 Å². The summed E-state index contributed by atoms with van der Waals surface area (Å²) in [5.41, 5.74) is 4.44. The van der Waals surface area contributed by atoms with Gasteiger partial charge >= 0.3 is 6.03 Å². The second-order valence-electron chi connectivity index (χ2n) is 6.58. The first-order chi connectivity index (χ1) is 12.9. The van der Waals surface area contributed by atoms with Gasteiger partial charge in [-0.2, -0.15) is 0 Å². The zero-order valence-corrected chi connectivity index (χ0v) is 15.8. The molecule has 0 aromatic heterocycles. The molecule has 140 valence electrons. The molecule has 6 nitrogen and oxygen atoms in total. The lowest BCUT2D eigenvalue weighted by atomic mass is 9.94. The van der Waals surface area contributed by atoms with Crippen LogP contribution in [0.5, 0.6) is 5.75 Å². The number of para-hydroxylation sites is 1. The van der Waals surface area contributed by atoms with Crippen LogP contribution < -0.4 is 20.7 Å². The summed E-state index contributed by atoms with van der Waals surface area (Å²) in [7, 11) is 1.56. The van der Waals surface area contributed by atoms with Crippen LogP contribution in [0.3, 0.4) is 0 Å². The van der Waals surface area contributed by atoms with E-state index in [1.165, 1.54) is 0 Å². The third-order valence-corrected chi connectivity index (χ3v) is 4.60. The van der Waals surface area contributed by atoms with E-state index in [-0.39, 0.29) is 11.9 Å². The molecular formula is C21H23N3O3. The van der Waals surface area contributed by atoms with Crippen molar-refractivity contribution in [1.82, 2.24) is 10.6 Å². The fourth-order valence-corrected chi connectivity index (χ4v) is 3.19. The Morgan fingerprint density at radius 3 is 2.59 bits per heavy atom. The number of methoxy groups -OCH3 is 1. The maximum absolute atomic E-state index is 13.1. The van der Waals surface area contributed by atoms with Crippen LogP contribution >= 0.6 is 0 Å². The summed E-state index contributed by atoms with van der Waals surface area (Å²) < 4.78 is 5.42. The van der Waals surface area contributed by atoms with Gasteiger partial charge in [0.05, 0.1) is 18.7 Å². The third kappa shape index (κ3) is 3.79. The Kier molecular flexibility index (Phi) is 5.16. The number of benzene rings is 2. The van der Waals surface area contributed by atoms with Crippen molar-refractivity contribution in [2.45, 2.75) is 26.8 Å². The fourth-order valence-electron chi connectivity index (χ4n) is 3.19. The quantitative estimate of drug-likeness (QED) is 0.775. The summed E-state index contributed by atoms with van der Waals surface area (Å²) in [6.45, 7) is 5.63. The van der Waals surface area contributed by atoms with Crippen LogP contribution in [0.4, 0.5) is 10.5 Å². The van der Waals surface area contributed by atoms with Crippen molar-refractivity contribution in [3.05, 3.63) is 70.4 Å². The molecule has 0 bridgehead atoms. The van der Waals surface area contributed by atoms with Crippen molar-refractivity contribution in [2.75, 3.05) is 12.4 Å². The number of hydrogen-bond acceptors (Lipinski definition) is 3. The number of amides is 3. The molecular weight excluding hydrogens is 342 g/mol. The topological polar surface area (TPSA) is 79.5 Å². The molecule has 2 aromatic carbocycles. The molecule has 0 radical (unpaired) electrons. The predicted octanol–water partition coefficient (Wildman–Crippen LogP) is 3.58.